The molecule has 0 aromatic heterocycles. The highest BCUT2D eigenvalue weighted by Gasteiger charge is 2.11. The van der Waals surface area contributed by atoms with Crippen molar-refractivity contribution in [2.45, 2.75) is 26.4 Å². The maximum atomic E-state index is 14.4. The van der Waals surface area contributed by atoms with Gasteiger partial charge in [0.15, 0.2) is 0 Å². The second-order valence-electron chi connectivity index (χ2n) is 6.46. The van der Waals surface area contributed by atoms with Crippen LogP contribution in [0.25, 0.3) is 11.1 Å². The number of carboxylic acids is 1. The molecule has 3 nitrogen and oxygen atoms in total. The Balaban J connectivity index is 1.74. The molecular weight excluding hydrogens is 343 g/mol. The Morgan fingerprint density at radius 3 is 2.37 bits per heavy atom. The van der Waals surface area contributed by atoms with Gasteiger partial charge in [0.05, 0.1) is 0 Å². The summed E-state index contributed by atoms with van der Waals surface area (Å²) in [6.45, 7) is 2.13. The van der Waals surface area contributed by atoms with Crippen molar-refractivity contribution in [3.8, 4) is 16.9 Å². The fourth-order valence-electron chi connectivity index (χ4n) is 2.87. The van der Waals surface area contributed by atoms with Crippen molar-refractivity contribution in [2.24, 2.45) is 0 Å². The number of carbonyl (C=O) groups is 1. The van der Waals surface area contributed by atoms with Gasteiger partial charge in [-0.25, -0.2) is 4.39 Å². The second kappa shape index (κ2) is 8.49. The molecule has 0 fully saturated rings. The molecule has 0 radical (unpaired) electrons. The van der Waals surface area contributed by atoms with Gasteiger partial charge < -0.3 is 9.84 Å². The summed E-state index contributed by atoms with van der Waals surface area (Å²) in [4.78, 5) is 10.6. The van der Waals surface area contributed by atoms with Crippen LogP contribution in [0.3, 0.4) is 0 Å². The summed E-state index contributed by atoms with van der Waals surface area (Å²) in [5.74, 6) is -0.503. The average molecular weight is 364 g/mol. The highest BCUT2D eigenvalue weighted by molar-refractivity contribution is 5.68. The monoisotopic (exact) mass is 364 g/mol. The lowest BCUT2D eigenvalue weighted by atomic mass is 9.99. The molecule has 138 valence electrons. The van der Waals surface area contributed by atoms with Gasteiger partial charge in [-0.05, 0) is 48.2 Å². The molecule has 0 heterocycles. The minimum Gasteiger partial charge on any atom is -0.489 e. The van der Waals surface area contributed by atoms with Crippen LogP contribution in [0.4, 0.5) is 4.39 Å². The fourth-order valence-corrected chi connectivity index (χ4v) is 2.87. The van der Waals surface area contributed by atoms with Crippen LogP contribution in [-0.4, -0.2) is 11.1 Å². The predicted octanol–water partition coefficient (Wildman–Crippen LogP) is 5.40. The molecule has 0 saturated carbocycles. The van der Waals surface area contributed by atoms with E-state index in [1.54, 1.807) is 18.2 Å². The summed E-state index contributed by atoms with van der Waals surface area (Å²) in [6, 6.07) is 20.2. The molecule has 0 aliphatic carbocycles. The Hall–Kier alpha value is -3.14. The Labute approximate surface area is 158 Å². The molecule has 0 aliphatic rings. The quantitative estimate of drug-likeness (QED) is 0.611. The smallest absolute Gasteiger partial charge is 0.303 e. The predicted molar refractivity (Wildman–Crippen MR) is 103 cm³/mol. The Morgan fingerprint density at radius 2 is 1.70 bits per heavy atom. The summed E-state index contributed by atoms with van der Waals surface area (Å²) in [7, 11) is 0. The standard InChI is InChI=1S/C23H21FO3/c1-16-5-10-18(11-6-16)20-3-2-4-22(24)21(20)15-27-19-12-7-17(8-13-19)9-14-23(25)26/h2-8,10-13H,9,14-15H2,1H3,(H,25,26). The van der Waals surface area contributed by atoms with Crippen LogP contribution in [0.2, 0.25) is 0 Å². The Kier molecular flexibility index (Phi) is 5.87. The number of hydrogen-bond donors (Lipinski definition) is 1. The van der Waals surface area contributed by atoms with Gasteiger partial charge in [0.25, 0.3) is 0 Å². The number of aliphatic carboxylic acids is 1. The van der Waals surface area contributed by atoms with Crippen molar-refractivity contribution in [1.82, 2.24) is 0 Å². The van der Waals surface area contributed by atoms with Crippen molar-refractivity contribution in [1.29, 1.82) is 0 Å². The topological polar surface area (TPSA) is 46.5 Å². The van der Waals surface area contributed by atoms with E-state index in [0.717, 1.165) is 22.3 Å². The van der Waals surface area contributed by atoms with E-state index >= 15 is 0 Å². The zero-order chi connectivity index (χ0) is 19.2. The molecule has 0 amide bonds. The molecule has 3 aromatic rings. The minimum atomic E-state index is -0.821. The Bertz CT molecular complexity index is 915. The zero-order valence-electron chi connectivity index (χ0n) is 15.1. The molecular formula is C23H21FO3. The molecule has 3 aromatic carbocycles. The van der Waals surface area contributed by atoms with Crippen LogP contribution < -0.4 is 4.74 Å². The lowest BCUT2D eigenvalue weighted by Crippen LogP contribution is -2.02. The molecule has 0 atom stereocenters. The molecule has 4 heteroatoms. The molecule has 0 bridgehead atoms. The van der Waals surface area contributed by atoms with E-state index in [4.69, 9.17) is 9.84 Å². The average Bonchev–Trinajstić information content (AvgIpc) is 2.67. The van der Waals surface area contributed by atoms with Gasteiger partial charge in [-0.3, -0.25) is 4.79 Å². The van der Waals surface area contributed by atoms with Gasteiger partial charge in [0, 0.05) is 12.0 Å². The number of hydrogen-bond acceptors (Lipinski definition) is 2. The highest BCUT2D eigenvalue weighted by Crippen LogP contribution is 2.27. The maximum Gasteiger partial charge on any atom is 0.303 e. The van der Waals surface area contributed by atoms with E-state index in [2.05, 4.69) is 0 Å². The van der Waals surface area contributed by atoms with Crippen molar-refractivity contribution >= 4 is 5.97 Å². The molecule has 0 aliphatic heterocycles. The normalized spacial score (nSPS) is 10.6. The van der Waals surface area contributed by atoms with Gasteiger partial charge >= 0.3 is 5.97 Å². The van der Waals surface area contributed by atoms with E-state index in [1.165, 1.54) is 6.07 Å². The summed E-state index contributed by atoms with van der Waals surface area (Å²) in [5.41, 5.74) is 4.35. The number of benzene rings is 3. The maximum absolute atomic E-state index is 14.4. The van der Waals surface area contributed by atoms with E-state index in [-0.39, 0.29) is 18.8 Å². The number of ether oxygens (including phenoxy) is 1. The van der Waals surface area contributed by atoms with Crippen LogP contribution in [0.1, 0.15) is 23.1 Å². The van der Waals surface area contributed by atoms with Gasteiger partial charge in [0.2, 0.25) is 0 Å². The van der Waals surface area contributed by atoms with Crippen molar-refractivity contribution in [3.05, 3.63) is 89.2 Å². The van der Waals surface area contributed by atoms with Crippen molar-refractivity contribution in [3.63, 3.8) is 0 Å². The molecule has 27 heavy (non-hydrogen) atoms. The SMILES string of the molecule is Cc1ccc(-c2cccc(F)c2COc2ccc(CCC(=O)O)cc2)cc1. The third-order valence-corrected chi connectivity index (χ3v) is 4.42. The van der Waals surface area contributed by atoms with Crippen LogP contribution >= 0.6 is 0 Å². The lowest BCUT2D eigenvalue weighted by molar-refractivity contribution is -0.136. The van der Waals surface area contributed by atoms with Gasteiger partial charge in [-0.1, -0.05) is 54.1 Å². The summed E-state index contributed by atoms with van der Waals surface area (Å²) in [5, 5.41) is 8.74. The van der Waals surface area contributed by atoms with Crippen LogP contribution in [0, 0.1) is 12.7 Å². The molecule has 0 spiro atoms. The van der Waals surface area contributed by atoms with Gasteiger partial charge in [-0.15, -0.1) is 0 Å². The third kappa shape index (κ3) is 4.94. The second-order valence-corrected chi connectivity index (χ2v) is 6.46. The van der Waals surface area contributed by atoms with E-state index in [0.29, 0.717) is 17.7 Å². The molecule has 0 saturated heterocycles. The number of carboxylic acid groups (broad SMARTS) is 1. The van der Waals surface area contributed by atoms with Crippen molar-refractivity contribution in [2.75, 3.05) is 0 Å². The summed E-state index contributed by atoms with van der Waals surface area (Å²) >= 11 is 0. The van der Waals surface area contributed by atoms with Gasteiger partial charge in [0.1, 0.15) is 18.2 Å². The number of halogens is 1. The van der Waals surface area contributed by atoms with Crippen LogP contribution in [-0.2, 0) is 17.8 Å². The zero-order valence-corrected chi connectivity index (χ0v) is 15.1. The molecule has 0 unspecified atom stereocenters. The number of aryl methyl sites for hydroxylation is 2. The first-order valence-electron chi connectivity index (χ1n) is 8.81. The molecule has 1 N–H and O–H groups in total. The first-order valence-corrected chi connectivity index (χ1v) is 8.81. The Morgan fingerprint density at radius 1 is 1.00 bits per heavy atom. The van der Waals surface area contributed by atoms with E-state index in [1.807, 2.05) is 49.4 Å². The molecule has 3 rings (SSSR count). The van der Waals surface area contributed by atoms with Crippen LogP contribution in [0.5, 0.6) is 5.75 Å². The third-order valence-electron chi connectivity index (χ3n) is 4.42. The first kappa shape index (κ1) is 18.6. The van der Waals surface area contributed by atoms with E-state index < -0.39 is 5.97 Å². The van der Waals surface area contributed by atoms with E-state index in [9.17, 15) is 9.18 Å². The van der Waals surface area contributed by atoms with Crippen molar-refractivity contribution < 1.29 is 19.0 Å². The fraction of sp³-hybridized carbons (Fsp3) is 0.174. The van der Waals surface area contributed by atoms with Crippen LogP contribution in [0.15, 0.2) is 66.7 Å². The largest absolute Gasteiger partial charge is 0.489 e. The minimum absolute atomic E-state index is 0.0926. The number of rotatable bonds is 7. The summed E-state index contributed by atoms with van der Waals surface area (Å²) in [6.07, 6.45) is 0.565. The summed E-state index contributed by atoms with van der Waals surface area (Å²) < 4.78 is 20.2. The lowest BCUT2D eigenvalue weighted by Gasteiger charge is -2.13. The highest BCUT2D eigenvalue weighted by atomic mass is 19.1. The first-order chi connectivity index (χ1) is 13.0. The van der Waals surface area contributed by atoms with Gasteiger partial charge in [-0.2, -0.15) is 0 Å².